The van der Waals surface area contributed by atoms with Crippen molar-refractivity contribution in [3.05, 3.63) is 34.9 Å². The van der Waals surface area contributed by atoms with Gasteiger partial charge in [0.25, 0.3) is 0 Å². The summed E-state index contributed by atoms with van der Waals surface area (Å²) >= 11 is 6.22. The molecular weight excluding hydrogens is 380 g/mol. The lowest BCUT2D eigenvalue weighted by Crippen LogP contribution is -2.53. The van der Waals surface area contributed by atoms with E-state index in [9.17, 15) is 9.59 Å². The summed E-state index contributed by atoms with van der Waals surface area (Å²) < 4.78 is 5.29. The van der Waals surface area contributed by atoms with Crippen LogP contribution in [0.3, 0.4) is 0 Å². The Bertz CT molecular complexity index is 673. The first-order valence-corrected chi connectivity index (χ1v) is 10.3. The van der Waals surface area contributed by atoms with Crippen molar-refractivity contribution in [3.63, 3.8) is 0 Å². The highest BCUT2D eigenvalue weighted by molar-refractivity contribution is 6.31. The van der Waals surface area contributed by atoms with E-state index in [1.54, 1.807) is 0 Å². The number of nitrogens with one attached hydrogen (secondary N) is 1. The molecule has 8 heteroatoms. The number of ether oxygens (including phenoxy) is 1. The Hall–Kier alpha value is -1.67. The van der Waals surface area contributed by atoms with Gasteiger partial charge in [0, 0.05) is 50.3 Å². The maximum absolute atomic E-state index is 12.5. The van der Waals surface area contributed by atoms with Crippen LogP contribution in [0, 0.1) is 0 Å². The van der Waals surface area contributed by atoms with Crippen LogP contribution in [-0.2, 0) is 14.3 Å². The molecule has 2 saturated heterocycles. The molecule has 1 aromatic carbocycles. The number of carbonyl (C=O) groups excluding carboxylic acids is 2. The molecule has 2 fully saturated rings. The van der Waals surface area contributed by atoms with E-state index in [-0.39, 0.29) is 24.4 Å². The number of piperazine rings is 1. The number of amides is 2. The van der Waals surface area contributed by atoms with Crippen LogP contribution in [0.2, 0.25) is 5.02 Å². The van der Waals surface area contributed by atoms with E-state index in [0.29, 0.717) is 51.0 Å². The number of morpholine rings is 1. The zero-order valence-electron chi connectivity index (χ0n) is 16.4. The molecule has 0 aromatic heterocycles. The van der Waals surface area contributed by atoms with E-state index >= 15 is 0 Å². The summed E-state index contributed by atoms with van der Waals surface area (Å²) in [6, 6.07) is 7.67. The van der Waals surface area contributed by atoms with Crippen LogP contribution in [0.5, 0.6) is 0 Å². The van der Waals surface area contributed by atoms with Gasteiger partial charge in [-0.15, -0.1) is 0 Å². The van der Waals surface area contributed by atoms with Crippen LogP contribution in [0.15, 0.2) is 24.3 Å². The minimum Gasteiger partial charge on any atom is -0.378 e. The van der Waals surface area contributed by atoms with E-state index in [2.05, 4.69) is 10.2 Å². The molecule has 0 saturated carbocycles. The fraction of sp³-hybridized carbons (Fsp3) is 0.600. The van der Waals surface area contributed by atoms with Gasteiger partial charge in [-0.3, -0.25) is 14.5 Å². The first kappa shape index (κ1) is 21.0. The number of rotatable bonds is 6. The highest BCUT2D eigenvalue weighted by atomic mass is 35.5. The van der Waals surface area contributed by atoms with Crippen LogP contribution in [0.1, 0.15) is 18.5 Å². The van der Waals surface area contributed by atoms with Crippen LogP contribution in [0.25, 0.3) is 0 Å². The van der Waals surface area contributed by atoms with Gasteiger partial charge in [0.2, 0.25) is 11.8 Å². The molecule has 28 heavy (non-hydrogen) atoms. The van der Waals surface area contributed by atoms with Gasteiger partial charge >= 0.3 is 0 Å². The predicted octanol–water partition coefficient (Wildman–Crippen LogP) is 0.994. The topological polar surface area (TPSA) is 65.1 Å². The molecule has 0 radical (unpaired) electrons. The molecule has 1 atom stereocenters. The van der Waals surface area contributed by atoms with Crippen molar-refractivity contribution < 1.29 is 14.3 Å². The molecule has 154 valence electrons. The molecule has 2 heterocycles. The van der Waals surface area contributed by atoms with E-state index < -0.39 is 0 Å². The molecule has 2 amide bonds. The quantitative estimate of drug-likeness (QED) is 0.760. The number of carbonyl (C=O) groups is 2. The molecule has 0 spiro atoms. The zero-order chi connectivity index (χ0) is 19.9. The third kappa shape index (κ3) is 5.67. The summed E-state index contributed by atoms with van der Waals surface area (Å²) in [5, 5.41) is 3.96. The predicted molar refractivity (Wildman–Crippen MR) is 108 cm³/mol. The van der Waals surface area contributed by atoms with Gasteiger partial charge < -0.3 is 19.9 Å². The van der Waals surface area contributed by atoms with Gasteiger partial charge in [0.1, 0.15) is 0 Å². The number of benzene rings is 1. The lowest BCUT2D eigenvalue weighted by atomic mass is 10.1. The molecular formula is C20H29ClN4O3. The average molecular weight is 409 g/mol. The van der Waals surface area contributed by atoms with Crippen LogP contribution < -0.4 is 5.32 Å². The number of hydrogen-bond acceptors (Lipinski definition) is 5. The van der Waals surface area contributed by atoms with Crippen LogP contribution in [0.4, 0.5) is 0 Å². The minimum absolute atomic E-state index is 0.00471. The number of hydrogen-bond donors (Lipinski definition) is 1. The van der Waals surface area contributed by atoms with E-state index in [1.807, 2.05) is 41.0 Å². The van der Waals surface area contributed by atoms with Gasteiger partial charge in [0.05, 0.1) is 26.3 Å². The summed E-state index contributed by atoms with van der Waals surface area (Å²) in [5.41, 5.74) is 0.989. The van der Waals surface area contributed by atoms with Gasteiger partial charge in [-0.2, -0.15) is 0 Å². The molecule has 3 rings (SSSR count). The Balaban J connectivity index is 1.39. The second kappa shape index (κ2) is 10.2. The number of nitrogens with zero attached hydrogens (tertiary/aromatic N) is 3. The second-order valence-electron chi connectivity index (χ2n) is 7.27. The van der Waals surface area contributed by atoms with Gasteiger partial charge in [-0.05, 0) is 18.6 Å². The van der Waals surface area contributed by atoms with Crippen molar-refractivity contribution in [2.24, 2.45) is 0 Å². The Morgan fingerprint density at radius 3 is 2.36 bits per heavy atom. The summed E-state index contributed by atoms with van der Waals surface area (Å²) in [6.07, 6.45) is 0. The molecule has 2 aliphatic rings. The lowest BCUT2D eigenvalue weighted by molar-refractivity contribution is -0.137. The van der Waals surface area contributed by atoms with Crippen molar-refractivity contribution in [1.29, 1.82) is 0 Å². The Kier molecular flexibility index (Phi) is 7.67. The maximum atomic E-state index is 12.5. The third-order valence-corrected chi connectivity index (χ3v) is 5.72. The largest absolute Gasteiger partial charge is 0.378 e. The monoisotopic (exact) mass is 408 g/mol. The highest BCUT2D eigenvalue weighted by Crippen LogP contribution is 2.21. The maximum Gasteiger partial charge on any atom is 0.236 e. The fourth-order valence-corrected chi connectivity index (χ4v) is 3.85. The summed E-state index contributed by atoms with van der Waals surface area (Å²) in [4.78, 5) is 30.7. The van der Waals surface area contributed by atoms with Crippen molar-refractivity contribution >= 4 is 23.4 Å². The standard InChI is InChI=1S/C20H29ClN4O3/c1-16(17-4-2-3-5-18(17)21)22-14-19(26)24-8-6-23(7-9-24)15-20(27)25-10-12-28-13-11-25/h2-5,16,22H,6-15H2,1H3/t16-/m1/s1. The smallest absolute Gasteiger partial charge is 0.236 e. The minimum atomic E-state index is 0.00471. The molecule has 0 aliphatic carbocycles. The van der Waals surface area contributed by atoms with E-state index in [4.69, 9.17) is 16.3 Å². The van der Waals surface area contributed by atoms with E-state index in [0.717, 1.165) is 18.7 Å². The number of halogens is 1. The molecule has 0 bridgehead atoms. The van der Waals surface area contributed by atoms with Crippen molar-refractivity contribution in [2.45, 2.75) is 13.0 Å². The first-order chi connectivity index (χ1) is 13.5. The third-order valence-electron chi connectivity index (χ3n) is 5.38. The van der Waals surface area contributed by atoms with E-state index in [1.165, 1.54) is 0 Å². The molecule has 1 N–H and O–H groups in total. The summed E-state index contributed by atoms with van der Waals surface area (Å²) in [5.74, 6) is 0.233. The van der Waals surface area contributed by atoms with Crippen LogP contribution >= 0.6 is 11.6 Å². The molecule has 0 unspecified atom stereocenters. The highest BCUT2D eigenvalue weighted by Gasteiger charge is 2.25. The Morgan fingerprint density at radius 2 is 1.68 bits per heavy atom. The van der Waals surface area contributed by atoms with Gasteiger partial charge in [-0.1, -0.05) is 29.8 Å². The SMILES string of the molecule is C[C@@H](NCC(=O)N1CCN(CC(=O)N2CCOCC2)CC1)c1ccccc1Cl. The zero-order valence-corrected chi connectivity index (χ0v) is 17.2. The second-order valence-corrected chi connectivity index (χ2v) is 7.68. The normalized spacial score (nSPS) is 19.5. The van der Waals surface area contributed by atoms with Gasteiger partial charge in [0.15, 0.2) is 0 Å². The molecule has 2 aliphatic heterocycles. The van der Waals surface area contributed by atoms with Crippen LogP contribution in [-0.4, -0.2) is 92.1 Å². The fourth-order valence-electron chi connectivity index (χ4n) is 3.55. The lowest BCUT2D eigenvalue weighted by Gasteiger charge is -2.36. The molecule has 1 aromatic rings. The van der Waals surface area contributed by atoms with Crippen molar-refractivity contribution in [3.8, 4) is 0 Å². The molecule has 7 nitrogen and oxygen atoms in total. The Morgan fingerprint density at radius 1 is 1.04 bits per heavy atom. The average Bonchev–Trinajstić information content (AvgIpc) is 2.73. The first-order valence-electron chi connectivity index (χ1n) is 9.88. The van der Waals surface area contributed by atoms with Crippen molar-refractivity contribution in [2.75, 3.05) is 65.6 Å². The van der Waals surface area contributed by atoms with Crippen molar-refractivity contribution in [1.82, 2.24) is 20.0 Å². The Labute approximate surface area is 171 Å². The van der Waals surface area contributed by atoms with Gasteiger partial charge in [-0.25, -0.2) is 0 Å². The summed E-state index contributed by atoms with van der Waals surface area (Å²) in [6.45, 7) is 8.03. The summed E-state index contributed by atoms with van der Waals surface area (Å²) in [7, 11) is 0.